The van der Waals surface area contributed by atoms with E-state index in [-0.39, 0.29) is 18.9 Å². The Hall–Kier alpha value is -2.86. The Balaban J connectivity index is 1.53. The molecular formula is C21H21ClN2O4. The first-order valence-electron chi connectivity index (χ1n) is 8.93. The van der Waals surface area contributed by atoms with Crippen molar-refractivity contribution in [2.24, 2.45) is 5.92 Å². The molecule has 0 radical (unpaired) electrons. The van der Waals surface area contributed by atoms with Crippen molar-refractivity contribution in [3.8, 4) is 0 Å². The lowest BCUT2D eigenvalue weighted by atomic mass is 10.1. The molecule has 0 aliphatic carbocycles. The number of nitrogens with zero attached hydrogens (tertiary/aromatic N) is 1. The number of hydrogen-bond acceptors (Lipinski definition) is 4. The van der Waals surface area contributed by atoms with Crippen LogP contribution in [0.15, 0.2) is 42.5 Å². The Bertz CT molecular complexity index is 911. The predicted molar refractivity (Wildman–Crippen MR) is 107 cm³/mol. The summed E-state index contributed by atoms with van der Waals surface area (Å²) < 4.78 is 5.13. The Morgan fingerprint density at radius 1 is 1.18 bits per heavy atom. The number of benzene rings is 2. The van der Waals surface area contributed by atoms with Crippen molar-refractivity contribution < 1.29 is 19.1 Å². The van der Waals surface area contributed by atoms with Crippen molar-refractivity contribution in [2.45, 2.75) is 20.3 Å². The van der Waals surface area contributed by atoms with E-state index in [2.05, 4.69) is 5.32 Å². The van der Waals surface area contributed by atoms with Crippen LogP contribution in [0.3, 0.4) is 0 Å². The van der Waals surface area contributed by atoms with Crippen LogP contribution in [-0.4, -0.2) is 30.9 Å². The van der Waals surface area contributed by atoms with E-state index in [4.69, 9.17) is 16.3 Å². The molecule has 6 nitrogen and oxygen atoms in total. The van der Waals surface area contributed by atoms with Gasteiger partial charge in [0.15, 0.2) is 6.61 Å². The summed E-state index contributed by atoms with van der Waals surface area (Å²) in [4.78, 5) is 38.2. The molecule has 2 aromatic rings. The highest BCUT2D eigenvalue weighted by atomic mass is 35.5. The average Bonchev–Trinajstić information content (AvgIpc) is 3.05. The molecule has 1 heterocycles. The molecule has 0 bridgehead atoms. The molecule has 1 N–H and O–H groups in total. The number of amides is 2. The molecule has 1 aliphatic heterocycles. The van der Waals surface area contributed by atoms with Crippen molar-refractivity contribution in [1.82, 2.24) is 0 Å². The number of carbonyl (C=O) groups is 3. The first-order valence-corrected chi connectivity index (χ1v) is 9.31. The lowest BCUT2D eigenvalue weighted by Crippen LogP contribution is -2.28. The van der Waals surface area contributed by atoms with Crippen LogP contribution < -0.4 is 10.2 Å². The molecule has 1 aliphatic rings. The highest BCUT2D eigenvalue weighted by molar-refractivity contribution is 6.30. The van der Waals surface area contributed by atoms with Crippen molar-refractivity contribution in [1.29, 1.82) is 0 Å². The van der Waals surface area contributed by atoms with Gasteiger partial charge in [-0.25, -0.2) is 0 Å². The van der Waals surface area contributed by atoms with Gasteiger partial charge in [0.2, 0.25) is 5.91 Å². The van der Waals surface area contributed by atoms with Crippen LogP contribution in [-0.2, 0) is 19.1 Å². The third-order valence-electron chi connectivity index (χ3n) is 4.61. The third-order valence-corrected chi connectivity index (χ3v) is 4.86. The van der Waals surface area contributed by atoms with Crippen LogP contribution >= 0.6 is 11.6 Å². The molecule has 0 saturated carbocycles. The molecule has 0 aromatic heterocycles. The molecule has 1 fully saturated rings. The lowest BCUT2D eigenvalue weighted by Gasteiger charge is -2.16. The zero-order valence-electron chi connectivity index (χ0n) is 15.7. The summed E-state index contributed by atoms with van der Waals surface area (Å²) in [6.07, 6.45) is 0.0556. The number of esters is 1. The molecule has 28 heavy (non-hydrogen) atoms. The minimum Gasteiger partial charge on any atom is -0.455 e. The van der Waals surface area contributed by atoms with Gasteiger partial charge in [-0.1, -0.05) is 23.7 Å². The van der Waals surface area contributed by atoms with Gasteiger partial charge in [0.25, 0.3) is 5.91 Å². The largest absolute Gasteiger partial charge is 0.455 e. The second kappa shape index (κ2) is 8.44. The molecule has 1 saturated heterocycles. The van der Waals surface area contributed by atoms with E-state index in [1.54, 1.807) is 24.3 Å². The number of hydrogen-bond donors (Lipinski definition) is 1. The van der Waals surface area contributed by atoms with Crippen LogP contribution in [0.5, 0.6) is 0 Å². The molecule has 0 spiro atoms. The van der Waals surface area contributed by atoms with Gasteiger partial charge in [0.05, 0.1) is 5.92 Å². The predicted octanol–water partition coefficient (Wildman–Crippen LogP) is 3.49. The molecule has 146 valence electrons. The zero-order valence-corrected chi connectivity index (χ0v) is 16.5. The highest BCUT2D eigenvalue weighted by Gasteiger charge is 2.36. The quantitative estimate of drug-likeness (QED) is 0.779. The summed E-state index contributed by atoms with van der Waals surface area (Å²) in [6.45, 7) is 3.64. The normalized spacial score (nSPS) is 16.2. The summed E-state index contributed by atoms with van der Waals surface area (Å²) in [7, 11) is 0. The van der Waals surface area contributed by atoms with Crippen LogP contribution in [0.4, 0.5) is 11.4 Å². The Morgan fingerprint density at radius 2 is 1.89 bits per heavy atom. The summed E-state index contributed by atoms with van der Waals surface area (Å²) in [5, 5.41) is 3.31. The number of anilines is 2. The highest BCUT2D eigenvalue weighted by Crippen LogP contribution is 2.27. The van der Waals surface area contributed by atoms with E-state index < -0.39 is 24.4 Å². The second-order valence-electron chi connectivity index (χ2n) is 6.86. The zero-order chi connectivity index (χ0) is 20.3. The molecule has 2 aromatic carbocycles. The Morgan fingerprint density at radius 3 is 2.61 bits per heavy atom. The fraction of sp³-hybridized carbons (Fsp3) is 0.286. The summed E-state index contributed by atoms with van der Waals surface area (Å²) in [5.41, 5.74) is 3.30. The number of aryl methyl sites for hydroxylation is 2. The fourth-order valence-electron chi connectivity index (χ4n) is 3.05. The first kappa shape index (κ1) is 19.9. The van der Waals surface area contributed by atoms with Crippen molar-refractivity contribution in [2.75, 3.05) is 23.4 Å². The number of nitrogens with one attached hydrogen (secondary N) is 1. The van der Waals surface area contributed by atoms with Gasteiger partial charge in [-0.2, -0.15) is 0 Å². The van der Waals surface area contributed by atoms with E-state index in [1.165, 1.54) is 4.90 Å². The monoisotopic (exact) mass is 400 g/mol. The minimum atomic E-state index is -0.600. The van der Waals surface area contributed by atoms with Crippen molar-refractivity contribution >= 4 is 40.8 Å². The van der Waals surface area contributed by atoms with Crippen LogP contribution in [0.25, 0.3) is 0 Å². The number of halogens is 1. The van der Waals surface area contributed by atoms with E-state index in [0.29, 0.717) is 16.4 Å². The van der Waals surface area contributed by atoms with E-state index in [1.807, 2.05) is 32.0 Å². The maximum atomic E-state index is 12.3. The SMILES string of the molecule is Cc1ccc(C)c(NC(=O)COC(=O)[C@@H]2CC(=O)N(c3ccc(Cl)cc3)C2)c1. The minimum absolute atomic E-state index is 0.0556. The molecule has 7 heteroatoms. The average molecular weight is 401 g/mol. The van der Waals surface area contributed by atoms with Crippen molar-refractivity contribution in [3.05, 3.63) is 58.6 Å². The van der Waals surface area contributed by atoms with Gasteiger partial charge in [0, 0.05) is 29.4 Å². The van der Waals surface area contributed by atoms with Gasteiger partial charge in [-0.05, 0) is 55.3 Å². The maximum Gasteiger partial charge on any atom is 0.311 e. The molecule has 3 rings (SSSR count). The maximum absolute atomic E-state index is 12.3. The number of rotatable bonds is 5. The van der Waals surface area contributed by atoms with Gasteiger partial charge >= 0.3 is 5.97 Å². The van der Waals surface area contributed by atoms with Gasteiger partial charge in [0.1, 0.15) is 0 Å². The summed E-state index contributed by atoms with van der Waals surface area (Å²) >= 11 is 5.87. The number of carbonyl (C=O) groups excluding carboxylic acids is 3. The van der Waals surface area contributed by atoms with E-state index >= 15 is 0 Å². The van der Waals surface area contributed by atoms with Crippen molar-refractivity contribution in [3.63, 3.8) is 0 Å². The third kappa shape index (κ3) is 4.70. The summed E-state index contributed by atoms with van der Waals surface area (Å²) in [6, 6.07) is 12.5. The smallest absolute Gasteiger partial charge is 0.311 e. The Labute approximate surface area is 168 Å². The summed E-state index contributed by atoms with van der Waals surface area (Å²) in [5.74, 6) is -1.73. The first-order chi connectivity index (χ1) is 13.3. The number of ether oxygens (including phenoxy) is 1. The van der Waals surface area contributed by atoms with Crippen LogP contribution in [0, 0.1) is 19.8 Å². The van der Waals surface area contributed by atoms with E-state index in [0.717, 1.165) is 11.1 Å². The standard InChI is InChI=1S/C21H21ClN2O4/c1-13-3-4-14(2)18(9-13)23-19(25)12-28-21(27)15-10-20(26)24(11-15)17-7-5-16(22)6-8-17/h3-9,15H,10-12H2,1-2H3,(H,23,25)/t15-/m1/s1. The van der Waals surface area contributed by atoms with Crippen LogP contribution in [0.1, 0.15) is 17.5 Å². The Kier molecular flexibility index (Phi) is 5.99. The topological polar surface area (TPSA) is 75.7 Å². The molecular weight excluding hydrogens is 380 g/mol. The lowest BCUT2D eigenvalue weighted by molar-refractivity contribution is -0.151. The van der Waals surface area contributed by atoms with Crippen LogP contribution in [0.2, 0.25) is 5.02 Å². The van der Waals surface area contributed by atoms with Gasteiger partial charge in [-0.15, -0.1) is 0 Å². The van der Waals surface area contributed by atoms with E-state index in [9.17, 15) is 14.4 Å². The fourth-order valence-corrected chi connectivity index (χ4v) is 3.17. The molecule has 2 amide bonds. The van der Waals surface area contributed by atoms with Gasteiger partial charge < -0.3 is 15.0 Å². The van der Waals surface area contributed by atoms with Gasteiger partial charge in [-0.3, -0.25) is 14.4 Å². The molecule has 1 atom stereocenters. The molecule has 0 unspecified atom stereocenters. The second-order valence-corrected chi connectivity index (χ2v) is 7.29.